The highest BCUT2D eigenvalue weighted by Gasteiger charge is 2.39. The standard InChI is InChI=1S/C16H34N4/c1-15(2,3)19-10-12-20(13-11-19)16(14-17)6-5-8-18(4)9-7-16/h5-14,17H2,1-4H3. The van der Waals surface area contributed by atoms with Crippen LogP contribution in [0.5, 0.6) is 0 Å². The fourth-order valence-electron chi connectivity index (χ4n) is 3.81. The van der Waals surface area contributed by atoms with E-state index in [1.165, 1.54) is 58.5 Å². The first-order valence-electron chi connectivity index (χ1n) is 8.26. The summed E-state index contributed by atoms with van der Waals surface area (Å²) in [5, 5.41) is 0. The zero-order chi connectivity index (χ0) is 14.8. The molecule has 20 heavy (non-hydrogen) atoms. The van der Waals surface area contributed by atoms with Crippen molar-refractivity contribution in [3.05, 3.63) is 0 Å². The lowest BCUT2D eigenvalue weighted by atomic mass is 9.87. The molecule has 2 heterocycles. The highest BCUT2D eigenvalue weighted by Crippen LogP contribution is 2.30. The van der Waals surface area contributed by atoms with Crippen LogP contribution in [0.25, 0.3) is 0 Å². The van der Waals surface area contributed by atoms with Gasteiger partial charge in [-0.25, -0.2) is 0 Å². The summed E-state index contributed by atoms with van der Waals surface area (Å²) in [6, 6.07) is 0. The summed E-state index contributed by atoms with van der Waals surface area (Å²) >= 11 is 0. The highest BCUT2D eigenvalue weighted by molar-refractivity contribution is 4.97. The highest BCUT2D eigenvalue weighted by atomic mass is 15.3. The van der Waals surface area contributed by atoms with E-state index in [9.17, 15) is 0 Å². The van der Waals surface area contributed by atoms with Crippen LogP contribution >= 0.6 is 0 Å². The van der Waals surface area contributed by atoms with Crippen molar-refractivity contribution in [3.8, 4) is 0 Å². The van der Waals surface area contributed by atoms with Gasteiger partial charge in [0.15, 0.2) is 0 Å². The van der Waals surface area contributed by atoms with Crippen LogP contribution in [-0.4, -0.2) is 78.6 Å². The van der Waals surface area contributed by atoms with Crippen molar-refractivity contribution in [3.63, 3.8) is 0 Å². The molecule has 0 aromatic carbocycles. The molecule has 2 rings (SSSR count). The molecule has 118 valence electrons. The largest absolute Gasteiger partial charge is 0.329 e. The summed E-state index contributed by atoms with van der Waals surface area (Å²) in [5.74, 6) is 0. The lowest BCUT2D eigenvalue weighted by molar-refractivity contribution is -0.00223. The summed E-state index contributed by atoms with van der Waals surface area (Å²) in [6.45, 7) is 14.9. The summed E-state index contributed by atoms with van der Waals surface area (Å²) in [4.78, 5) is 7.77. The van der Waals surface area contributed by atoms with Crippen molar-refractivity contribution < 1.29 is 0 Å². The lowest BCUT2D eigenvalue weighted by Gasteiger charge is -2.50. The summed E-state index contributed by atoms with van der Waals surface area (Å²) in [5.41, 5.74) is 6.79. The van der Waals surface area contributed by atoms with Crippen LogP contribution in [0.1, 0.15) is 40.0 Å². The van der Waals surface area contributed by atoms with E-state index in [2.05, 4.69) is 42.5 Å². The molecule has 2 fully saturated rings. The Balaban J connectivity index is 1.99. The van der Waals surface area contributed by atoms with Gasteiger partial charge in [-0.2, -0.15) is 0 Å². The lowest BCUT2D eigenvalue weighted by Crippen LogP contribution is -2.62. The molecular weight excluding hydrogens is 248 g/mol. The molecule has 0 aromatic heterocycles. The molecule has 2 aliphatic rings. The number of nitrogens with two attached hydrogens (primary N) is 1. The molecule has 0 saturated carbocycles. The van der Waals surface area contributed by atoms with E-state index in [0.29, 0.717) is 5.54 Å². The Hall–Kier alpha value is -0.160. The number of rotatable bonds is 2. The van der Waals surface area contributed by atoms with Gasteiger partial charge in [-0.1, -0.05) is 0 Å². The van der Waals surface area contributed by atoms with E-state index in [0.717, 1.165) is 6.54 Å². The van der Waals surface area contributed by atoms with Gasteiger partial charge in [-0.3, -0.25) is 9.80 Å². The molecule has 0 aliphatic carbocycles. The molecule has 2 N–H and O–H groups in total. The summed E-state index contributed by atoms with van der Waals surface area (Å²) in [6.07, 6.45) is 3.78. The number of piperazine rings is 1. The first-order valence-corrected chi connectivity index (χ1v) is 8.26. The maximum Gasteiger partial charge on any atom is 0.0345 e. The minimum absolute atomic E-state index is 0.259. The quantitative estimate of drug-likeness (QED) is 0.826. The van der Waals surface area contributed by atoms with Crippen LogP contribution in [0.4, 0.5) is 0 Å². The van der Waals surface area contributed by atoms with E-state index >= 15 is 0 Å². The van der Waals surface area contributed by atoms with E-state index in [1.54, 1.807) is 0 Å². The van der Waals surface area contributed by atoms with E-state index in [4.69, 9.17) is 5.73 Å². The second-order valence-electron chi connectivity index (χ2n) is 7.73. The topological polar surface area (TPSA) is 35.7 Å². The number of hydrogen-bond acceptors (Lipinski definition) is 4. The Kier molecular flexibility index (Phi) is 5.11. The zero-order valence-electron chi connectivity index (χ0n) is 14.0. The van der Waals surface area contributed by atoms with Crippen molar-refractivity contribution in [2.75, 3.05) is 52.9 Å². The van der Waals surface area contributed by atoms with Crippen LogP contribution in [-0.2, 0) is 0 Å². The molecule has 1 unspecified atom stereocenters. The molecule has 0 aromatic rings. The van der Waals surface area contributed by atoms with Crippen molar-refractivity contribution in [1.82, 2.24) is 14.7 Å². The Bertz CT molecular complexity index is 304. The molecule has 0 spiro atoms. The Morgan fingerprint density at radius 1 is 0.950 bits per heavy atom. The molecular formula is C16H34N4. The van der Waals surface area contributed by atoms with Crippen molar-refractivity contribution >= 4 is 0 Å². The Labute approximate surface area is 125 Å². The second-order valence-corrected chi connectivity index (χ2v) is 7.73. The maximum absolute atomic E-state index is 6.23. The average Bonchev–Trinajstić information content (AvgIpc) is 2.61. The monoisotopic (exact) mass is 282 g/mol. The fourth-order valence-corrected chi connectivity index (χ4v) is 3.81. The Morgan fingerprint density at radius 2 is 1.60 bits per heavy atom. The predicted octanol–water partition coefficient (Wildman–Crippen LogP) is 1.22. The van der Waals surface area contributed by atoms with Crippen molar-refractivity contribution in [2.45, 2.75) is 51.1 Å². The van der Waals surface area contributed by atoms with Gasteiger partial charge >= 0.3 is 0 Å². The molecule has 0 bridgehead atoms. The minimum Gasteiger partial charge on any atom is -0.329 e. The summed E-state index contributed by atoms with van der Waals surface area (Å²) in [7, 11) is 2.24. The predicted molar refractivity (Wildman–Crippen MR) is 86.0 cm³/mol. The number of hydrogen-bond donors (Lipinski definition) is 1. The average molecular weight is 282 g/mol. The van der Waals surface area contributed by atoms with Gasteiger partial charge < -0.3 is 10.6 Å². The molecule has 0 radical (unpaired) electrons. The molecule has 0 amide bonds. The number of likely N-dealkylation sites (tertiary alicyclic amines) is 1. The first-order chi connectivity index (χ1) is 9.37. The van der Waals surface area contributed by atoms with E-state index < -0.39 is 0 Å². The van der Waals surface area contributed by atoms with Gasteiger partial charge in [0.25, 0.3) is 0 Å². The second kappa shape index (κ2) is 6.30. The van der Waals surface area contributed by atoms with Crippen molar-refractivity contribution in [2.24, 2.45) is 5.73 Å². The molecule has 2 saturated heterocycles. The smallest absolute Gasteiger partial charge is 0.0345 e. The van der Waals surface area contributed by atoms with Crippen LogP contribution < -0.4 is 5.73 Å². The third-order valence-corrected chi connectivity index (χ3v) is 5.42. The molecule has 1 atom stereocenters. The van der Waals surface area contributed by atoms with Crippen molar-refractivity contribution in [1.29, 1.82) is 0 Å². The van der Waals surface area contributed by atoms with E-state index in [-0.39, 0.29) is 5.54 Å². The van der Waals surface area contributed by atoms with Crippen LogP contribution in [0, 0.1) is 0 Å². The summed E-state index contributed by atoms with van der Waals surface area (Å²) < 4.78 is 0. The van der Waals surface area contributed by atoms with Gasteiger partial charge in [-0.05, 0) is 60.2 Å². The Morgan fingerprint density at radius 3 is 2.15 bits per heavy atom. The molecule has 4 heteroatoms. The van der Waals surface area contributed by atoms with E-state index in [1.807, 2.05) is 0 Å². The van der Waals surface area contributed by atoms with Crippen LogP contribution in [0.3, 0.4) is 0 Å². The maximum atomic E-state index is 6.23. The normalized spacial score (nSPS) is 32.2. The zero-order valence-corrected chi connectivity index (χ0v) is 14.0. The molecule has 2 aliphatic heterocycles. The van der Waals surface area contributed by atoms with Gasteiger partial charge in [0.2, 0.25) is 0 Å². The van der Waals surface area contributed by atoms with Gasteiger partial charge in [0.05, 0.1) is 0 Å². The SMILES string of the molecule is CN1CCCC(CN)(N2CCN(C(C)(C)C)CC2)CC1. The minimum atomic E-state index is 0.259. The number of nitrogens with zero attached hydrogens (tertiary/aromatic N) is 3. The molecule has 4 nitrogen and oxygen atoms in total. The third-order valence-electron chi connectivity index (χ3n) is 5.42. The van der Waals surface area contributed by atoms with Gasteiger partial charge in [-0.15, -0.1) is 0 Å². The van der Waals surface area contributed by atoms with Gasteiger partial charge in [0, 0.05) is 43.8 Å². The van der Waals surface area contributed by atoms with Crippen LogP contribution in [0.15, 0.2) is 0 Å². The first kappa shape index (κ1) is 16.2. The van der Waals surface area contributed by atoms with Crippen LogP contribution in [0.2, 0.25) is 0 Å². The fraction of sp³-hybridized carbons (Fsp3) is 1.00. The third kappa shape index (κ3) is 3.53. The van der Waals surface area contributed by atoms with Gasteiger partial charge in [0.1, 0.15) is 0 Å².